The molecule has 33 heavy (non-hydrogen) atoms. The largest absolute Gasteiger partial charge is 0.322 e. The zero-order chi connectivity index (χ0) is 24.3. The number of carbonyl (C=O) groups excluding carboxylic acids is 1. The highest BCUT2D eigenvalue weighted by atomic mass is 32.2. The van der Waals surface area contributed by atoms with E-state index in [-0.39, 0.29) is 11.3 Å². The van der Waals surface area contributed by atoms with Crippen LogP contribution >= 0.6 is 0 Å². The van der Waals surface area contributed by atoms with Crippen molar-refractivity contribution in [3.63, 3.8) is 0 Å². The standard InChI is InChI=1S/C24H23F3N2O3S/c1-14-11-15(2)23(16(3)12-14)33(31,32)29-20(13-17-7-5-4-6-8-17)24(30)28-19-10-9-18(25)21(26)22(19)27/h4-12,20,29H,13H2,1-3H3,(H,28,30)/t20-/m1/s1. The van der Waals surface area contributed by atoms with Gasteiger partial charge in [-0.15, -0.1) is 0 Å². The van der Waals surface area contributed by atoms with Gasteiger partial charge < -0.3 is 5.32 Å². The van der Waals surface area contributed by atoms with Crippen LogP contribution in [-0.2, 0) is 21.2 Å². The first-order valence-electron chi connectivity index (χ1n) is 10.1. The molecule has 1 amide bonds. The molecule has 0 heterocycles. The van der Waals surface area contributed by atoms with Crippen molar-refractivity contribution in [3.8, 4) is 0 Å². The maximum atomic E-state index is 14.1. The highest BCUT2D eigenvalue weighted by Crippen LogP contribution is 2.23. The molecule has 0 aliphatic heterocycles. The summed E-state index contributed by atoms with van der Waals surface area (Å²) >= 11 is 0. The van der Waals surface area contributed by atoms with Gasteiger partial charge in [-0.1, -0.05) is 48.0 Å². The van der Waals surface area contributed by atoms with E-state index in [1.165, 1.54) is 0 Å². The Hall–Kier alpha value is -3.17. The van der Waals surface area contributed by atoms with E-state index in [1.54, 1.807) is 56.3 Å². The van der Waals surface area contributed by atoms with Gasteiger partial charge >= 0.3 is 0 Å². The number of hydrogen-bond donors (Lipinski definition) is 2. The molecule has 0 aliphatic rings. The Balaban J connectivity index is 1.96. The average Bonchev–Trinajstić information content (AvgIpc) is 2.73. The van der Waals surface area contributed by atoms with E-state index in [9.17, 15) is 26.4 Å². The van der Waals surface area contributed by atoms with E-state index < -0.39 is 45.1 Å². The van der Waals surface area contributed by atoms with E-state index in [1.807, 2.05) is 6.92 Å². The van der Waals surface area contributed by atoms with Crippen molar-refractivity contribution >= 4 is 21.6 Å². The summed E-state index contributed by atoms with van der Waals surface area (Å²) in [4.78, 5) is 13.0. The average molecular weight is 477 g/mol. The normalized spacial score (nSPS) is 12.4. The van der Waals surface area contributed by atoms with Crippen LogP contribution in [0.3, 0.4) is 0 Å². The Morgan fingerprint density at radius 2 is 1.52 bits per heavy atom. The number of halogens is 3. The Bertz CT molecular complexity index is 1270. The Labute approximate surface area is 190 Å². The molecule has 174 valence electrons. The van der Waals surface area contributed by atoms with Crippen LogP contribution < -0.4 is 10.0 Å². The van der Waals surface area contributed by atoms with Crippen molar-refractivity contribution in [3.05, 3.63) is 94.3 Å². The molecule has 0 bridgehead atoms. The fraction of sp³-hybridized carbons (Fsp3) is 0.208. The third-order valence-corrected chi connectivity index (χ3v) is 6.84. The summed E-state index contributed by atoms with van der Waals surface area (Å²) in [6.07, 6.45) is -0.0544. The monoisotopic (exact) mass is 476 g/mol. The minimum atomic E-state index is -4.16. The molecule has 0 aromatic heterocycles. The lowest BCUT2D eigenvalue weighted by Gasteiger charge is -2.21. The summed E-state index contributed by atoms with van der Waals surface area (Å²) in [7, 11) is -4.16. The SMILES string of the molecule is Cc1cc(C)c(S(=O)(=O)N[C@H](Cc2ccccc2)C(=O)Nc2ccc(F)c(F)c2F)c(C)c1. The molecule has 3 rings (SSSR count). The molecular formula is C24H23F3N2O3S. The van der Waals surface area contributed by atoms with Crippen LogP contribution in [0.25, 0.3) is 0 Å². The predicted octanol–water partition coefficient (Wildman–Crippen LogP) is 4.56. The Morgan fingerprint density at radius 1 is 0.909 bits per heavy atom. The summed E-state index contributed by atoms with van der Waals surface area (Å²) in [5.74, 6) is -5.64. The second kappa shape index (κ2) is 9.76. The van der Waals surface area contributed by atoms with Crippen molar-refractivity contribution in [1.29, 1.82) is 0 Å². The fourth-order valence-electron chi connectivity index (χ4n) is 3.72. The summed E-state index contributed by atoms with van der Waals surface area (Å²) in [6, 6.07) is 12.2. The molecule has 0 saturated heterocycles. The number of benzene rings is 3. The number of aryl methyl sites for hydroxylation is 3. The highest BCUT2D eigenvalue weighted by Gasteiger charge is 2.29. The fourth-order valence-corrected chi connectivity index (χ4v) is 5.37. The van der Waals surface area contributed by atoms with E-state index in [0.717, 1.165) is 11.6 Å². The minimum Gasteiger partial charge on any atom is -0.322 e. The van der Waals surface area contributed by atoms with Crippen LogP contribution in [0.4, 0.5) is 18.9 Å². The van der Waals surface area contributed by atoms with Gasteiger partial charge in [0.1, 0.15) is 6.04 Å². The van der Waals surface area contributed by atoms with Crippen LogP contribution in [0.5, 0.6) is 0 Å². The second-order valence-electron chi connectivity index (χ2n) is 7.80. The molecule has 3 aromatic rings. The number of rotatable bonds is 7. The summed E-state index contributed by atoms with van der Waals surface area (Å²) < 4.78 is 69.8. The summed E-state index contributed by atoms with van der Waals surface area (Å²) in [5.41, 5.74) is 1.94. The zero-order valence-electron chi connectivity index (χ0n) is 18.2. The van der Waals surface area contributed by atoms with Crippen molar-refractivity contribution in [1.82, 2.24) is 4.72 Å². The Morgan fingerprint density at radius 3 is 2.12 bits per heavy atom. The van der Waals surface area contributed by atoms with Crippen molar-refractivity contribution in [2.75, 3.05) is 5.32 Å². The summed E-state index contributed by atoms with van der Waals surface area (Å²) in [6.45, 7) is 5.14. The van der Waals surface area contributed by atoms with Crippen LogP contribution in [0.15, 0.2) is 59.5 Å². The lowest BCUT2D eigenvalue weighted by atomic mass is 10.1. The molecule has 3 aromatic carbocycles. The van der Waals surface area contributed by atoms with Gasteiger partial charge in [0.15, 0.2) is 17.5 Å². The smallest absolute Gasteiger partial charge is 0.242 e. The van der Waals surface area contributed by atoms with Gasteiger partial charge in [0.05, 0.1) is 10.6 Å². The van der Waals surface area contributed by atoms with Crippen LogP contribution in [0, 0.1) is 38.2 Å². The van der Waals surface area contributed by atoms with Crippen LogP contribution in [-0.4, -0.2) is 20.4 Å². The maximum Gasteiger partial charge on any atom is 0.242 e. The first kappa shape index (κ1) is 24.5. The number of anilines is 1. The number of carbonyl (C=O) groups is 1. The number of amides is 1. The second-order valence-corrected chi connectivity index (χ2v) is 9.45. The van der Waals surface area contributed by atoms with E-state index in [4.69, 9.17) is 0 Å². The Kier molecular flexibility index (Phi) is 7.24. The molecule has 0 saturated carbocycles. The molecule has 0 radical (unpaired) electrons. The molecule has 1 atom stereocenters. The molecule has 0 unspecified atom stereocenters. The lowest BCUT2D eigenvalue weighted by Crippen LogP contribution is -2.45. The highest BCUT2D eigenvalue weighted by molar-refractivity contribution is 7.89. The van der Waals surface area contributed by atoms with E-state index >= 15 is 0 Å². The van der Waals surface area contributed by atoms with Crippen LogP contribution in [0.2, 0.25) is 0 Å². The quantitative estimate of drug-likeness (QED) is 0.491. The van der Waals surface area contributed by atoms with Gasteiger partial charge in [0.2, 0.25) is 15.9 Å². The van der Waals surface area contributed by atoms with Gasteiger partial charge in [0, 0.05) is 0 Å². The summed E-state index contributed by atoms with van der Waals surface area (Å²) in [5, 5.41) is 2.16. The predicted molar refractivity (Wildman–Crippen MR) is 120 cm³/mol. The van der Waals surface area contributed by atoms with Gasteiger partial charge in [-0.2, -0.15) is 4.72 Å². The van der Waals surface area contributed by atoms with Gasteiger partial charge in [-0.25, -0.2) is 21.6 Å². The van der Waals surface area contributed by atoms with E-state index in [0.29, 0.717) is 22.8 Å². The van der Waals surface area contributed by atoms with Gasteiger partial charge in [-0.3, -0.25) is 4.79 Å². The molecular weight excluding hydrogens is 453 g/mol. The topological polar surface area (TPSA) is 75.3 Å². The lowest BCUT2D eigenvalue weighted by molar-refractivity contribution is -0.117. The maximum absolute atomic E-state index is 14.1. The van der Waals surface area contributed by atoms with Crippen molar-refractivity contribution < 1.29 is 26.4 Å². The van der Waals surface area contributed by atoms with Gasteiger partial charge in [-0.05, 0) is 56.0 Å². The number of hydrogen-bond acceptors (Lipinski definition) is 3. The van der Waals surface area contributed by atoms with Gasteiger partial charge in [0.25, 0.3) is 0 Å². The molecule has 0 spiro atoms. The molecule has 0 aliphatic carbocycles. The van der Waals surface area contributed by atoms with Crippen molar-refractivity contribution in [2.45, 2.75) is 38.1 Å². The van der Waals surface area contributed by atoms with Crippen molar-refractivity contribution in [2.24, 2.45) is 0 Å². The first-order valence-corrected chi connectivity index (χ1v) is 11.6. The molecule has 9 heteroatoms. The number of sulfonamides is 1. The third kappa shape index (κ3) is 5.61. The first-order chi connectivity index (χ1) is 15.5. The minimum absolute atomic E-state index is 0.0398. The molecule has 0 fully saturated rings. The zero-order valence-corrected chi connectivity index (χ0v) is 19.1. The van der Waals surface area contributed by atoms with E-state index in [2.05, 4.69) is 10.0 Å². The molecule has 5 nitrogen and oxygen atoms in total. The third-order valence-electron chi connectivity index (χ3n) is 5.06. The van der Waals surface area contributed by atoms with Crippen LogP contribution in [0.1, 0.15) is 22.3 Å². The molecule has 2 N–H and O–H groups in total. The number of nitrogens with one attached hydrogen (secondary N) is 2.